The van der Waals surface area contributed by atoms with Crippen molar-refractivity contribution in [2.24, 2.45) is 0 Å². The van der Waals surface area contributed by atoms with E-state index in [1.54, 1.807) is 0 Å². The van der Waals surface area contributed by atoms with Crippen LogP contribution in [0.3, 0.4) is 0 Å². The highest BCUT2D eigenvalue weighted by Crippen LogP contribution is 2.36. The lowest BCUT2D eigenvalue weighted by Crippen LogP contribution is -2.49. The van der Waals surface area contributed by atoms with Crippen LogP contribution in [0.4, 0.5) is 0 Å². The van der Waals surface area contributed by atoms with Gasteiger partial charge >= 0.3 is 0 Å². The van der Waals surface area contributed by atoms with Crippen LogP contribution in [0.1, 0.15) is 19.4 Å². The van der Waals surface area contributed by atoms with Crippen molar-refractivity contribution in [3.05, 3.63) is 72.3 Å². The van der Waals surface area contributed by atoms with E-state index in [4.69, 9.17) is 0 Å². The zero-order valence-electron chi connectivity index (χ0n) is 14.4. The summed E-state index contributed by atoms with van der Waals surface area (Å²) in [6.45, 7) is 7.38. The predicted octanol–water partition coefficient (Wildman–Crippen LogP) is 5.15. The first-order chi connectivity index (χ1) is 11.7. The molecule has 0 N–H and O–H groups in total. The molecule has 1 aliphatic heterocycles. The molecule has 0 bridgehead atoms. The molecule has 3 aromatic rings. The third-order valence-electron chi connectivity index (χ3n) is 4.93. The Morgan fingerprint density at radius 2 is 1.50 bits per heavy atom. The number of hydrogen-bond donors (Lipinski definition) is 0. The van der Waals surface area contributed by atoms with Gasteiger partial charge in [-0.3, -0.25) is 0 Å². The first kappa shape index (κ1) is 15.6. The molecule has 0 aliphatic carbocycles. The fourth-order valence-electron chi connectivity index (χ4n) is 3.89. The molecule has 0 nitrogen and oxygen atoms in total. The van der Waals surface area contributed by atoms with E-state index >= 15 is 0 Å². The summed E-state index contributed by atoms with van der Waals surface area (Å²) in [5.41, 5.74) is 7.12. The zero-order valence-corrected chi connectivity index (χ0v) is 15.2. The zero-order chi connectivity index (χ0) is 16.7. The molecule has 0 saturated carbocycles. The van der Waals surface area contributed by atoms with Gasteiger partial charge in [-0.25, -0.2) is 0 Å². The monoisotopic (exact) mass is 328 g/mol. The molecule has 1 aliphatic rings. The summed E-state index contributed by atoms with van der Waals surface area (Å²) in [6, 6.07) is 24.4. The highest BCUT2D eigenvalue weighted by atomic mass is 32.2. The predicted molar refractivity (Wildman–Crippen MR) is 107 cm³/mol. The van der Waals surface area contributed by atoms with Gasteiger partial charge in [0.15, 0.2) is 0 Å². The van der Waals surface area contributed by atoms with Gasteiger partial charge in [0.1, 0.15) is 0 Å². The molecule has 0 unspecified atom stereocenters. The number of rotatable bonds is 2. The number of benzene rings is 3. The largest absolute Gasteiger partial charge is 0.215 e. The van der Waals surface area contributed by atoms with Crippen LogP contribution >= 0.6 is 11.8 Å². The normalized spacial score (nSPS) is 12.9. The Labute approximate surface area is 149 Å². The molecule has 0 fully saturated rings. The second kappa shape index (κ2) is 6.18. The smallest absolute Gasteiger partial charge is 0.0912 e. The van der Waals surface area contributed by atoms with Gasteiger partial charge in [-0.2, -0.15) is 0 Å². The van der Waals surface area contributed by atoms with Crippen molar-refractivity contribution in [3.63, 3.8) is 0 Å². The minimum atomic E-state index is 0.451. The van der Waals surface area contributed by atoms with Gasteiger partial charge < -0.3 is 0 Å². The van der Waals surface area contributed by atoms with Crippen LogP contribution in [0.15, 0.2) is 76.5 Å². The van der Waals surface area contributed by atoms with Crippen LogP contribution in [0, 0.1) is 6.92 Å². The first-order valence-electron chi connectivity index (χ1n) is 8.62. The highest BCUT2D eigenvalue weighted by molar-refractivity contribution is 8.00. The van der Waals surface area contributed by atoms with Gasteiger partial charge in [0.25, 0.3) is 0 Å². The van der Waals surface area contributed by atoms with Crippen molar-refractivity contribution in [2.45, 2.75) is 36.4 Å². The van der Waals surface area contributed by atoms with Gasteiger partial charge in [-0.1, -0.05) is 96.9 Å². The molecule has 24 heavy (non-hydrogen) atoms. The summed E-state index contributed by atoms with van der Waals surface area (Å²) >= 11 is 1.92. The molecule has 1 heterocycles. The average molecular weight is 328 g/mol. The molecule has 2 heteroatoms. The summed E-state index contributed by atoms with van der Waals surface area (Å²) in [5.74, 6) is 0.565. The van der Waals surface area contributed by atoms with Crippen molar-refractivity contribution in [3.8, 4) is 11.1 Å². The van der Waals surface area contributed by atoms with E-state index in [-0.39, 0.29) is 0 Å². The molecule has 0 aromatic heterocycles. The Bertz CT molecular complexity index is 884. The molecule has 0 saturated heterocycles. The number of fused-ring (bicyclic) bond motifs is 2. The van der Waals surface area contributed by atoms with Gasteiger partial charge in [0, 0.05) is 9.79 Å². The molecule has 118 valence electrons. The molecular weight excluding hydrogens is 307 g/mol. The van der Waals surface area contributed by atoms with E-state index in [1.165, 1.54) is 37.4 Å². The van der Waals surface area contributed by atoms with Crippen LogP contribution < -0.4 is 10.9 Å². The topological polar surface area (TPSA) is 0 Å². The van der Waals surface area contributed by atoms with Gasteiger partial charge in [0.2, 0.25) is 6.71 Å². The fourth-order valence-corrected chi connectivity index (χ4v) is 5.06. The van der Waals surface area contributed by atoms with E-state index in [0.29, 0.717) is 12.5 Å². The second-order valence-electron chi connectivity index (χ2n) is 6.90. The van der Waals surface area contributed by atoms with E-state index in [9.17, 15) is 0 Å². The molecule has 3 aromatic carbocycles. The second-order valence-corrected chi connectivity index (χ2v) is 7.98. The molecular formula is C22H21BS. The first-order valence-corrected chi connectivity index (χ1v) is 9.44. The average Bonchev–Trinajstić information content (AvgIpc) is 2.60. The van der Waals surface area contributed by atoms with Crippen LogP contribution in [-0.4, -0.2) is 6.71 Å². The Balaban J connectivity index is 2.02. The summed E-state index contributed by atoms with van der Waals surface area (Å²) in [7, 11) is 0. The van der Waals surface area contributed by atoms with E-state index in [2.05, 4.69) is 87.5 Å². The van der Waals surface area contributed by atoms with E-state index in [1.807, 2.05) is 11.8 Å². The van der Waals surface area contributed by atoms with Crippen LogP contribution in [-0.2, 0) is 0 Å². The summed E-state index contributed by atoms with van der Waals surface area (Å²) < 4.78 is 0. The van der Waals surface area contributed by atoms with Gasteiger partial charge in [0.05, 0.1) is 0 Å². The quantitative estimate of drug-likeness (QED) is 0.587. The fraction of sp³-hybridized carbons (Fsp3) is 0.182. The van der Waals surface area contributed by atoms with E-state index in [0.717, 1.165) is 0 Å². The lowest BCUT2D eigenvalue weighted by atomic mass is 9.33. The Morgan fingerprint density at radius 3 is 2.25 bits per heavy atom. The van der Waals surface area contributed by atoms with Crippen molar-refractivity contribution < 1.29 is 0 Å². The Morgan fingerprint density at radius 1 is 0.792 bits per heavy atom. The van der Waals surface area contributed by atoms with Gasteiger partial charge in [-0.15, -0.1) is 0 Å². The lowest BCUT2D eigenvalue weighted by molar-refractivity contribution is 1.05. The van der Waals surface area contributed by atoms with Crippen molar-refractivity contribution in [1.29, 1.82) is 0 Å². The molecule has 4 rings (SSSR count). The summed E-state index contributed by atoms with van der Waals surface area (Å²) in [4.78, 5) is 2.82. The van der Waals surface area contributed by atoms with Gasteiger partial charge in [-0.05, 0) is 35.7 Å². The van der Waals surface area contributed by atoms with Crippen LogP contribution in [0.25, 0.3) is 11.1 Å². The lowest BCUT2D eigenvalue weighted by Gasteiger charge is -2.31. The Kier molecular flexibility index (Phi) is 4.01. The minimum absolute atomic E-state index is 0.451. The maximum absolute atomic E-state index is 2.35. The third-order valence-corrected chi connectivity index (χ3v) is 6.10. The van der Waals surface area contributed by atoms with Crippen LogP contribution in [0.2, 0.25) is 5.82 Å². The summed E-state index contributed by atoms with van der Waals surface area (Å²) in [6.07, 6.45) is 0. The minimum Gasteiger partial charge on any atom is -0.0912 e. The number of hydrogen-bond acceptors (Lipinski definition) is 1. The van der Waals surface area contributed by atoms with Crippen molar-refractivity contribution in [2.75, 3.05) is 0 Å². The van der Waals surface area contributed by atoms with E-state index < -0.39 is 0 Å². The maximum atomic E-state index is 2.35. The number of aryl methyl sites for hydroxylation is 1. The van der Waals surface area contributed by atoms with Crippen LogP contribution in [0.5, 0.6) is 0 Å². The standard InChI is InChI=1S/C22H21BS/c1-15(2)23-18-11-7-8-12-19(18)24-20-14-13-16(3)21(22(20)23)17-9-5-4-6-10-17/h4-15H,1-3H3. The molecule has 0 amide bonds. The van der Waals surface area contributed by atoms with Crippen molar-refractivity contribution in [1.82, 2.24) is 0 Å². The molecule has 0 radical (unpaired) electrons. The molecule has 0 atom stereocenters. The highest BCUT2D eigenvalue weighted by Gasteiger charge is 2.34. The third kappa shape index (κ3) is 2.50. The Hall–Kier alpha value is -1.93. The van der Waals surface area contributed by atoms with Crippen molar-refractivity contribution >= 4 is 29.4 Å². The molecule has 0 spiro atoms. The SMILES string of the molecule is Cc1ccc2c(c1-c1ccccc1)B(C(C)C)c1ccccc1S2. The summed E-state index contributed by atoms with van der Waals surface area (Å²) in [5, 5.41) is 0. The maximum Gasteiger partial charge on any atom is 0.215 e.